The van der Waals surface area contributed by atoms with E-state index in [2.05, 4.69) is 5.10 Å². The fourth-order valence-corrected chi connectivity index (χ4v) is 4.03. The lowest BCUT2D eigenvalue weighted by Gasteiger charge is -2.34. The van der Waals surface area contributed by atoms with Gasteiger partial charge in [-0.15, -0.1) is 0 Å². The highest BCUT2D eigenvalue weighted by Crippen LogP contribution is 2.24. The van der Waals surface area contributed by atoms with Crippen molar-refractivity contribution in [2.24, 2.45) is 0 Å². The van der Waals surface area contributed by atoms with Gasteiger partial charge >= 0.3 is 0 Å². The van der Waals surface area contributed by atoms with E-state index < -0.39 is 0 Å². The lowest BCUT2D eigenvalue weighted by atomic mass is 10.1. The Bertz CT molecular complexity index is 1270. The fourth-order valence-electron chi connectivity index (χ4n) is 4.03. The number of furan rings is 1. The topological polar surface area (TPSA) is 80.8 Å². The standard InChI is InChI=1S/C26H24N4O4/c1-33-21-11-9-19(10-12-21)25(31)28-13-15-29(16-14-28)26(32)23-18-22(24-8-5-17-34-24)27-30(23)20-6-3-2-4-7-20/h2-12,17-18H,13-16H2,1H3. The molecular weight excluding hydrogens is 432 g/mol. The molecule has 4 aromatic rings. The molecule has 2 aromatic carbocycles. The van der Waals surface area contributed by atoms with Crippen LogP contribution in [0.5, 0.6) is 5.75 Å². The average molecular weight is 457 g/mol. The first-order valence-electron chi connectivity index (χ1n) is 11.1. The Labute approximate surface area is 197 Å². The Hall–Kier alpha value is -4.33. The van der Waals surface area contributed by atoms with Gasteiger partial charge in [-0.3, -0.25) is 9.59 Å². The number of amides is 2. The van der Waals surface area contributed by atoms with Crippen LogP contribution in [0.3, 0.4) is 0 Å². The zero-order chi connectivity index (χ0) is 23.5. The number of hydrogen-bond donors (Lipinski definition) is 0. The van der Waals surface area contributed by atoms with Crippen LogP contribution in [0.2, 0.25) is 0 Å². The summed E-state index contributed by atoms with van der Waals surface area (Å²) in [5, 5.41) is 4.64. The highest BCUT2D eigenvalue weighted by Gasteiger charge is 2.28. The first-order chi connectivity index (χ1) is 16.6. The van der Waals surface area contributed by atoms with Crippen molar-refractivity contribution in [3.8, 4) is 22.9 Å². The molecule has 3 heterocycles. The molecule has 0 N–H and O–H groups in total. The molecule has 8 nitrogen and oxygen atoms in total. The summed E-state index contributed by atoms with van der Waals surface area (Å²) in [4.78, 5) is 29.9. The van der Waals surface area contributed by atoms with Crippen LogP contribution in [0.25, 0.3) is 17.1 Å². The van der Waals surface area contributed by atoms with E-state index in [1.165, 1.54) is 0 Å². The predicted molar refractivity (Wildman–Crippen MR) is 126 cm³/mol. The minimum atomic E-state index is -0.134. The van der Waals surface area contributed by atoms with Crippen molar-refractivity contribution in [1.29, 1.82) is 0 Å². The van der Waals surface area contributed by atoms with Gasteiger partial charge in [-0.1, -0.05) is 18.2 Å². The Morgan fingerprint density at radius 3 is 2.15 bits per heavy atom. The van der Waals surface area contributed by atoms with E-state index >= 15 is 0 Å². The number of methoxy groups -OCH3 is 1. The molecule has 0 spiro atoms. The predicted octanol–water partition coefficient (Wildman–Crippen LogP) is 3.74. The number of ether oxygens (including phenoxy) is 1. The number of carbonyl (C=O) groups excluding carboxylic acids is 2. The van der Waals surface area contributed by atoms with Crippen LogP contribution in [0, 0.1) is 0 Å². The summed E-state index contributed by atoms with van der Waals surface area (Å²) >= 11 is 0. The normalized spacial score (nSPS) is 13.7. The Balaban J connectivity index is 1.34. The number of rotatable bonds is 5. The van der Waals surface area contributed by atoms with Gasteiger partial charge in [0.15, 0.2) is 5.76 Å². The monoisotopic (exact) mass is 456 g/mol. The second kappa shape index (κ2) is 9.27. The van der Waals surface area contributed by atoms with Gasteiger partial charge in [0.2, 0.25) is 0 Å². The first kappa shape index (κ1) is 21.5. The summed E-state index contributed by atoms with van der Waals surface area (Å²) in [7, 11) is 1.59. The van der Waals surface area contributed by atoms with Crippen molar-refractivity contribution in [3.63, 3.8) is 0 Å². The van der Waals surface area contributed by atoms with E-state index in [0.717, 1.165) is 5.69 Å². The molecule has 5 rings (SSSR count). The fraction of sp³-hybridized carbons (Fsp3) is 0.192. The maximum atomic E-state index is 13.5. The third kappa shape index (κ3) is 4.17. The van der Waals surface area contributed by atoms with Crippen LogP contribution < -0.4 is 4.74 Å². The van der Waals surface area contributed by atoms with Gasteiger partial charge in [-0.25, -0.2) is 4.68 Å². The van der Waals surface area contributed by atoms with Crippen LogP contribution in [-0.4, -0.2) is 64.7 Å². The lowest BCUT2D eigenvalue weighted by molar-refractivity contribution is 0.0530. The summed E-state index contributed by atoms with van der Waals surface area (Å²) in [5.74, 6) is 1.12. The van der Waals surface area contributed by atoms with Crippen molar-refractivity contribution in [2.45, 2.75) is 0 Å². The molecule has 172 valence electrons. The maximum absolute atomic E-state index is 13.5. The van der Waals surface area contributed by atoms with Gasteiger partial charge in [-0.2, -0.15) is 5.10 Å². The zero-order valence-corrected chi connectivity index (χ0v) is 18.8. The number of hydrogen-bond acceptors (Lipinski definition) is 5. The Morgan fingerprint density at radius 2 is 1.53 bits per heavy atom. The van der Waals surface area contributed by atoms with Crippen LogP contribution in [-0.2, 0) is 0 Å². The van der Waals surface area contributed by atoms with Gasteiger partial charge in [0.1, 0.15) is 17.1 Å². The van der Waals surface area contributed by atoms with Crippen LogP contribution in [0.4, 0.5) is 0 Å². The van der Waals surface area contributed by atoms with Gasteiger partial charge < -0.3 is 19.0 Å². The molecule has 0 atom stereocenters. The molecule has 0 unspecified atom stereocenters. The number of aromatic nitrogens is 2. The van der Waals surface area contributed by atoms with Gasteiger partial charge in [0.25, 0.3) is 11.8 Å². The van der Waals surface area contributed by atoms with Gasteiger partial charge in [-0.05, 0) is 48.5 Å². The molecule has 2 aromatic heterocycles. The third-order valence-electron chi connectivity index (χ3n) is 5.89. The highest BCUT2D eigenvalue weighted by atomic mass is 16.5. The summed E-state index contributed by atoms with van der Waals surface area (Å²) in [6.07, 6.45) is 1.58. The quantitative estimate of drug-likeness (QED) is 0.457. The molecular formula is C26H24N4O4. The SMILES string of the molecule is COc1ccc(C(=O)N2CCN(C(=O)c3cc(-c4ccco4)nn3-c3ccccc3)CC2)cc1. The first-order valence-corrected chi connectivity index (χ1v) is 11.1. The number of para-hydroxylation sites is 1. The minimum absolute atomic E-state index is 0.0517. The highest BCUT2D eigenvalue weighted by molar-refractivity contribution is 5.96. The van der Waals surface area contributed by atoms with E-state index in [4.69, 9.17) is 9.15 Å². The summed E-state index contributed by atoms with van der Waals surface area (Å²) < 4.78 is 12.3. The molecule has 8 heteroatoms. The van der Waals surface area contributed by atoms with Crippen LogP contribution in [0.15, 0.2) is 83.5 Å². The van der Waals surface area contributed by atoms with Crippen molar-refractivity contribution < 1.29 is 18.7 Å². The smallest absolute Gasteiger partial charge is 0.272 e. The van der Waals surface area contributed by atoms with Crippen molar-refractivity contribution >= 4 is 11.8 Å². The van der Waals surface area contributed by atoms with E-state index in [1.807, 2.05) is 36.4 Å². The molecule has 1 aliphatic heterocycles. The third-order valence-corrected chi connectivity index (χ3v) is 5.89. The van der Waals surface area contributed by atoms with Gasteiger partial charge in [0.05, 0.1) is 19.1 Å². The molecule has 0 radical (unpaired) electrons. The molecule has 1 fully saturated rings. The van der Waals surface area contributed by atoms with Crippen molar-refractivity contribution in [2.75, 3.05) is 33.3 Å². The summed E-state index contributed by atoms with van der Waals surface area (Å²) in [5.41, 5.74) is 2.43. The van der Waals surface area contributed by atoms with E-state index in [9.17, 15) is 9.59 Å². The number of piperazine rings is 1. The second-order valence-electron chi connectivity index (χ2n) is 7.95. The van der Waals surface area contributed by atoms with E-state index in [-0.39, 0.29) is 11.8 Å². The van der Waals surface area contributed by atoms with E-state index in [1.54, 1.807) is 64.3 Å². The minimum Gasteiger partial charge on any atom is -0.497 e. The number of carbonyl (C=O) groups is 2. The number of benzene rings is 2. The lowest BCUT2D eigenvalue weighted by Crippen LogP contribution is -2.50. The average Bonchev–Trinajstić information content (AvgIpc) is 3.59. The Morgan fingerprint density at radius 1 is 0.853 bits per heavy atom. The van der Waals surface area contributed by atoms with Gasteiger partial charge in [0, 0.05) is 37.8 Å². The summed E-state index contributed by atoms with van der Waals surface area (Å²) in [6, 6.07) is 21.9. The second-order valence-corrected chi connectivity index (χ2v) is 7.95. The molecule has 0 aliphatic carbocycles. The van der Waals surface area contributed by atoms with Crippen LogP contribution in [0.1, 0.15) is 20.8 Å². The number of nitrogens with zero attached hydrogens (tertiary/aromatic N) is 4. The Kier molecular flexibility index (Phi) is 5.86. The van der Waals surface area contributed by atoms with Crippen molar-refractivity contribution in [3.05, 3.63) is 90.3 Å². The van der Waals surface area contributed by atoms with Crippen molar-refractivity contribution in [1.82, 2.24) is 19.6 Å². The molecule has 2 amide bonds. The zero-order valence-electron chi connectivity index (χ0n) is 18.8. The van der Waals surface area contributed by atoms with E-state index in [0.29, 0.717) is 54.6 Å². The maximum Gasteiger partial charge on any atom is 0.272 e. The molecule has 0 saturated carbocycles. The molecule has 1 aliphatic rings. The molecule has 1 saturated heterocycles. The molecule has 0 bridgehead atoms. The largest absolute Gasteiger partial charge is 0.497 e. The van der Waals surface area contributed by atoms with Crippen LogP contribution >= 0.6 is 0 Å². The summed E-state index contributed by atoms with van der Waals surface area (Å²) in [6.45, 7) is 1.80. The molecule has 34 heavy (non-hydrogen) atoms.